The first kappa shape index (κ1) is 18.0. The summed E-state index contributed by atoms with van der Waals surface area (Å²) in [6, 6.07) is 14.7. The molecule has 0 aliphatic heterocycles. The van der Waals surface area contributed by atoms with Crippen molar-refractivity contribution in [3.05, 3.63) is 76.1 Å². The highest BCUT2D eigenvalue weighted by molar-refractivity contribution is 6.31. The number of ether oxygens (including phenoxy) is 1. The van der Waals surface area contributed by atoms with Gasteiger partial charge in [0.05, 0.1) is 30.1 Å². The first-order chi connectivity index (χ1) is 12.5. The molecular weight excluding hydrogens is 350 g/mol. The van der Waals surface area contributed by atoms with Gasteiger partial charge in [-0.1, -0.05) is 29.8 Å². The van der Waals surface area contributed by atoms with Crippen LogP contribution in [0.4, 0.5) is 5.69 Å². The molecule has 3 rings (SSSR count). The van der Waals surface area contributed by atoms with Crippen molar-refractivity contribution in [3.63, 3.8) is 0 Å². The Morgan fingerprint density at radius 2 is 1.96 bits per heavy atom. The lowest BCUT2D eigenvalue weighted by Gasteiger charge is -2.09. The average molecular weight is 370 g/mol. The summed E-state index contributed by atoms with van der Waals surface area (Å²) in [7, 11) is 1.59. The Morgan fingerprint density at radius 1 is 1.19 bits per heavy atom. The Labute approximate surface area is 157 Å². The van der Waals surface area contributed by atoms with Crippen molar-refractivity contribution < 1.29 is 9.53 Å². The highest BCUT2D eigenvalue weighted by Crippen LogP contribution is 2.21. The van der Waals surface area contributed by atoms with Crippen LogP contribution >= 0.6 is 11.6 Å². The second-order valence-corrected chi connectivity index (χ2v) is 6.41. The van der Waals surface area contributed by atoms with Gasteiger partial charge in [-0.15, -0.1) is 0 Å². The van der Waals surface area contributed by atoms with Crippen LogP contribution in [0.1, 0.15) is 27.3 Å². The Bertz CT molecular complexity index is 950. The minimum atomic E-state index is -0.175. The first-order valence-corrected chi connectivity index (χ1v) is 8.59. The number of nitrogens with zero attached hydrogens (tertiary/aromatic N) is 2. The fourth-order valence-corrected chi connectivity index (χ4v) is 2.85. The molecule has 2 aromatic carbocycles. The second-order valence-electron chi connectivity index (χ2n) is 6.03. The number of halogens is 1. The van der Waals surface area contributed by atoms with Crippen LogP contribution in [0.2, 0.25) is 5.02 Å². The van der Waals surface area contributed by atoms with Gasteiger partial charge in [-0.25, -0.2) is 0 Å². The van der Waals surface area contributed by atoms with E-state index in [9.17, 15) is 4.79 Å². The molecule has 0 aliphatic carbocycles. The summed E-state index contributed by atoms with van der Waals surface area (Å²) in [6.45, 7) is 4.37. The van der Waals surface area contributed by atoms with Gasteiger partial charge in [-0.05, 0) is 43.7 Å². The molecule has 0 saturated carbocycles. The molecule has 0 spiro atoms. The lowest BCUT2D eigenvalue weighted by Crippen LogP contribution is -2.13. The summed E-state index contributed by atoms with van der Waals surface area (Å²) in [6.07, 6.45) is 0. The lowest BCUT2D eigenvalue weighted by molar-refractivity contribution is 0.102. The third-order valence-electron chi connectivity index (χ3n) is 4.14. The van der Waals surface area contributed by atoms with Gasteiger partial charge in [-0.3, -0.25) is 9.48 Å². The van der Waals surface area contributed by atoms with Gasteiger partial charge in [0.1, 0.15) is 5.75 Å². The SMILES string of the molecule is COc1cccc(NC(=O)c2cccc(Cn3nc(C)c(Cl)c3C)c2)c1. The molecule has 0 bridgehead atoms. The fraction of sp³-hybridized carbons (Fsp3) is 0.200. The van der Waals surface area contributed by atoms with E-state index in [1.54, 1.807) is 19.2 Å². The fourth-order valence-electron chi connectivity index (χ4n) is 2.72. The molecule has 0 fully saturated rings. The molecule has 1 N–H and O–H groups in total. The number of benzene rings is 2. The molecule has 134 valence electrons. The molecule has 0 radical (unpaired) electrons. The minimum absolute atomic E-state index is 0.175. The molecule has 0 saturated heterocycles. The quantitative estimate of drug-likeness (QED) is 0.722. The molecule has 0 aliphatic rings. The van der Waals surface area contributed by atoms with Crippen molar-refractivity contribution in [2.24, 2.45) is 0 Å². The van der Waals surface area contributed by atoms with E-state index >= 15 is 0 Å². The molecular formula is C20H20ClN3O2. The van der Waals surface area contributed by atoms with Gasteiger partial charge in [0, 0.05) is 17.3 Å². The Hall–Kier alpha value is -2.79. The van der Waals surface area contributed by atoms with Crippen LogP contribution < -0.4 is 10.1 Å². The molecule has 26 heavy (non-hydrogen) atoms. The highest BCUT2D eigenvalue weighted by Gasteiger charge is 2.11. The van der Waals surface area contributed by atoms with Crippen LogP contribution in [0.15, 0.2) is 48.5 Å². The van der Waals surface area contributed by atoms with E-state index in [0.717, 1.165) is 17.0 Å². The van der Waals surface area contributed by atoms with E-state index < -0.39 is 0 Å². The van der Waals surface area contributed by atoms with Crippen molar-refractivity contribution in [1.82, 2.24) is 9.78 Å². The van der Waals surface area contributed by atoms with E-state index in [4.69, 9.17) is 16.3 Å². The number of carbonyl (C=O) groups is 1. The number of carbonyl (C=O) groups excluding carboxylic acids is 1. The summed E-state index contributed by atoms with van der Waals surface area (Å²) >= 11 is 6.20. The van der Waals surface area contributed by atoms with E-state index in [2.05, 4.69) is 10.4 Å². The molecule has 3 aromatic rings. The second kappa shape index (κ2) is 7.62. The zero-order valence-corrected chi connectivity index (χ0v) is 15.7. The number of anilines is 1. The van der Waals surface area contributed by atoms with Crippen LogP contribution in [-0.2, 0) is 6.54 Å². The third kappa shape index (κ3) is 3.89. The number of amides is 1. The van der Waals surface area contributed by atoms with Gasteiger partial charge < -0.3 is 10.1 Å². The Morgan fingerprint density at radius 3 is 2.65 bits per heavy atom. The van der Waals surface area contributed by atoms with Crippen LogP contribution in [0.3, 0.4) is 0 Å². The number of hydrogen-bond acceptors (Lipinski definition) is 3. The zero-order valence-electron chi connectivity index (χ0n) is 14.9. The number of aromatic nitrogens is 2. The maximum atomic E-state index is 12.5. The van der Waals surface area contributed by atoms with Gasteiger partial charge in [-0.2, -0.15) is 5.10 Å². The average Bonchev–Trinajstić information content (AvgIpc) is 2.89. The summed E-state index contributed by atoms with van der Waals surface area (Å²) < 4.78 is 7.02. The van der Waals surface area contributed by atoms with E-state index in [1.807, 2.05) is 54.9 Å². The van der Waals surface area contributed by atoms with Gasteiger partial charge >= 0.3 is 0 Å². The summed E-state index contributed by atoms with van der Waals surface area (Å²) in [5, 5.41) is 8.00. The van der Waals surface area contributed by atoms with Crippen LogP contribution in [0.25, 0.3) is 0 Å². The molecule has 1 heterocycles. The van der Waals surface area contributed by atoms with Crippen molar-refractivity contribution in [1.29, 1.82) is 0 Å². The predicted molar refractivity (Wildman–Crippen MR) is 103 cm³/mol. The number of nitrogens with one attached hydrogen (secondary N) is 1. The van der Waals surface area contributed by atoms with Crippen molar-refractivity contribution in [3.8, 4) is 5.75 Å². The van der Waals surface area contributed by atoms with E-state index in [-0.39, 0.29) is 5.91 Å². The highest BCUT2D eigenvalue weighted by atomic mass is 35.5. The normalized spacial score (nSPS) is 10.6. The zero-order chi connectivity index (χ0) is 18.7. The first-order valence-electron chi connectivity index (χ1n) is 8.22. The van der Waals surface area contributed by atoms with Crippen LogP contribution in [0.5, 0.6) is 5.75 Å². The number of aryl methyl sites for hydroxylation is 1. The van der Waals surface area contributed by atoms with Crippen molar-refractivity contribution in [2.45, 2.75) is 20.4 Å². The number of rotatable bonds is 5. The van der Waals surface area contributed by atoms with Crippen LogP contribution in [0, 0.1) is 13.8 Å². The third-order valence-corrected chi connectivity index (χ3v) is 4.69. The van der Waals surface area contributed by atoms with Gasteiger partial charge in [0.25, 0.3) is 5.91 Å². The van der Waals surface area contributed by atoms with Crippen molar-refractivity contribution in [2.75, 3.05) is 12.4 Å². The van der Waals surface area contributed by atoms with E-state index in [1.165, 1.54) is 0 Å². The lowest BCUT2D eigenvalue weighted by atomic mass is 10.1. The maximum absolute atomic E-state index is 12.5. The molecule has 5 nitrogen and oxygen atoms in total. The largest absolute Gasteiger partial charge is 0.497 e. The standard InChI is InChI=1S/C20H20ClN3O2/c1-13-19(21)14(2)24(23-13)12-15-6-4-7-16(10-15)20(25)22-17-8-5-9-18(11-17)26-3/h4-11H,12H2,1-3H3,(H,22,25). The van der Waals surface area contributed by atoms with E-state index in [0.29, 0.717) is 28.6 Å². The van der Waals surface area contributed by atoms with Gasteiger partial charge in [0.15, 0.2) is 0 Å². The molecule has 1 amide bonds. The van der Waals surface area contributed by atoms with Gasteiger partial charge in [0.2, 0.25) is 0 Å². The molecule has 6 heteroatoms. The molecule has 0 unspecified atom stereocenters. The summed E-state index contributed by atoms with van der Waals surface area (Å²) in [4.78, 5) is 12.5. The minimum Gasteiger partial charge on any atom is -0.497 e. The number of hydrogen-bond donors (Lipinski definition) is 1. The predicted octanol–water partition coefficient (Wildman–Crippen LogP) is 4.46. The smallest absolute Gasteiger partial charge is 0.255 e. The topological polar surface area (TPSA) is 56.1 Å². The maximum Gasteiger partial charge on any atom is 0.255 e. The van der Waals surface area contributed by atoms with Crippen molar-refractivity contribution >= 4 is 23.2 Å². The molecule has 0 atom stereocenters. The monoisotopic (exact) mass is 369 g/mol. The van der Waals surface area contributed by atoms with Crippen LogP contribution in [-0.4, -0.2) is 22.8 Å². The summed E-state index contributed by atoms with van der Waals surface area (Å²) in [5.74, 6) is 0.518. The summed E-state index contributed by atoms with van der Waals surface area (Å²) in [5.41, 5.74) is 3.96. The Kier molecular flexibility index (Phi) is 5.28. The number of methoxy groups -OCH3 is 1. The Balaban J connectivity index is 1.77. The molecule has 1 aromatic heterocycles.